The van der Waals surface area contributed by atoms with Crippen molar-refractivity contribution in [1.29, 1.82) is 0 Å². The molecule has 1 atom stereocenters. The Morgan fingerprint density at radius 3 is 3.09 bits per heavy atom. The number of aromatic nitrogens is 2. The van der Waals surface area contributed by atoms with Crippen LogP contribution in [0.2, 0.25) is 0 Å². The van der Waals surface area contributed by atoms with E-state index in [0.29, 0.717) is 19.6 Å². The van der Waals surface area contributed by atoms with Crippen molar-refractivity contribution in [3.63, 3.8) is 0 Å². The standard InChI is InChI=1S/C15H23N5O2/c1-4-6-20-11(2)12(9-18-20)10-19-7-5-17-15(22)13(19)8-14(21)16-3/h4,9,13H,1,5-8,10H2,2-3H3,(H,16,21)(H,17,22). The molecule has 1 fully saturated rings. The third kappa shape index (κ3) is 3.54. The zero-order valence-electron chi connectivity index (χ0n) is 13.1. The molecule has 2 rings (SSSR count). The third-order valence-corrected chi connectivity index (χ3v) is 3.98. The van der Waals surface area contributed by atoms with Crippen LogP contribution in [0.5, 0.6) is 0 Å². The summed E-state index contributed by atoms with van der Waals surface area (Å²) in [6, 6.07) is -0.434. The number of allylic oxidation sites excluding steroid dienone is 1. The normalized spacial score (nSPS) is 18.8. The van der Waals surface area contributed by atoms with Gasteiger partial charge in [0.15, 0.2) is 0 Å². The molecule has 0 saturated carbocycles. The Kier molecular flexibility index (Phi) is 5.32. The summed E-state index contributed by atoms with van der Waals surface area (Å²) in [5, 5.41) is 9.73. The van der Waals surface area contributed by atoms with Crippen LogP contribution in [-0.4, -0.2) is 52.7 Å². The summed E-state index contributed by atoms with van der Waals surface area (Å²) < 4.78 is 1.88. The highest BCUT2D eigenvalue weighted by Gasteiger charge is 2.31. The van der Waals surface area contributed by atoms with Gasteiger partial charge in [-0.25, -0.2) is 0 Å². The molecule has 7 heteroatoms. The zero-order valence-corrected chi connectivity index (χ0v) is 13.1. The van der Waals surface area contributed by atoms with Crippen molar-refractivity contribution in [2.24, 2.45) is 0 Å². The maximum atomic E-state index is 12.1. The van der Waals surface area contributed by atoms with Crippen LogP contribution in [0.15, 0.2) is 18.9 Å². The lowest BCUT2D eigenvalue weighted by molar-refractivity contribution is -0.134. The molecule has 1 aromatic heterocycles. The van der Waals surface area contributed by atoms with Crippen molar-refractivity contribution in [1.82, 2.24) is 25.3 Å². The second-order valence-corrected chi connectivity index (χ2v) is 5.38. The predicted molar refractivity (Wildman–Crippen MR) is 83.1 cm³/mol. The number of carbonyl (C=O) groups excluding carboxylic acids is 2. The molecule has 7 nitrogen and oxygen atoms in total. The van der Waals surface area contributed by atoms with Crippen molar-refractivity contribution in [3.8, 4) is 0 Å². The zero-order chi connectivity index (χ0) is 16.1. The first kappa shape index (κ1) is 16.2. The van der Waals surface area contributed by atoms with Crippen LogP contribution in [-0.2, 0) is 22.7 Å². The number of piperazine rings is 1. The van der Waals surface area contributed by atoms with Gasteiger partial charge >= 0.3 is 0 Å². The van der Waals surface area contributed by atoms with Gasteiger partial charge in [-0.2, -0.15) is 5.10 Å². The molecule has 0 radical (unpaired) electrons. The number of amides is 2. The monoisotopic (exact) mass is 305 g/mol. The van der Waals surface area contributed by atoms with Crippen LogP contribution in [0, 0.1) is 6.92 Å². The van der Waals surface area contributed by atoms with Crippen LogP contribution >= 0.6 is 0 Å². The van der Waals surface area contributed by atoms with E-state index in [1.807, 2.05) is 22.7 Å². The van der Waals surface area contributed by atoms with Gasteiger partial charge in [0, 0.05) is 37.9 Å². The highest BCUT2D eigenvalue weighted by molar-refractivity contribution is 5.88. The van der Waals surface area contributed by atoms with Crippen molar-refractivity contribution in [2.45, 2.75) is 32.5 Å². The van der Waals surface area contributed by atoms with Gasteiger partial charge in [-0.05, 0) is 6.92 Å². The predicted octanol–water partition coefficient (Wildman–Crippen LogP) is -0.186. The van der Waals surface area contributed by atoms with Gasteiger partial charge in [0.2, 0.25) is 11.8 Å². The first-order chi connectivity index (χ1) is 10.6. The van der Waals surface area contributed by atoms with E-state index in [1.54, 1.807) is 13.1 Å². The van der Waals surface area contributed by atoms with Crippen LogP contribution < -0.4 is 10.6 Å². The number of carbonyl (C=O) groups is 2. The minimum Gasteiger partial charge on any atom is -0.359 e. The quantitative estimate of drug-likeness (QED) is 0.714. The number of hydrogen-bond donors (Lipinski definition) is 2. The van der Waals surface area contributed by atoms with E-state index in [0.717, 1.165) is 17.8 Å². The first-order valence-corrected chi connectivity index (χ1v) is 7.41. The van der Waals surface area contributed by atoms with E-state index in [-0.39, 0.29) is 18.2 Å². The Hall–Kier alpha value is -2.15. The molecule has 0 bridgehead atoms. The maximum Gasteiger partial charge on any atom is 0.237 e. The fourth-order valence-electron chi connectivity index (χ4n) is 2.62. The molecule has 0 aromatic carbocycles. The largest absolute Gasteiger partial charge is 0.359 e. The first-order valence-electron chi connectivity index (χ1n) is 7.41. The van der Waals surface area contributed by atoms with Gasteiger partial charge in [-0.15, -0.1) is 6.58 Å². The summed E-state index contributed by atoms with van der Waals surface area (Å²) in [5.41, 5.74) is 2.13. The van der Waals surface area contributed by atoms with Crippen LogP contribution in [0.25, 0.3) is 0 Å². The van der Waals surface area contributed by atoms with E-state index >= 15 is 0 Å². The number of rotatable bonds is 6. The van der Waals surface area contributed by atoms with Crippen molar-refractivity contribution >= 4 is 11.8 Å². The topological polar surface area (TPSA) is 79.3 Å². The fourth-order valence-corrected chi connectivity index (χ4v) is 2.62. The van der Waals surface area contributed by atoms with Gasteiger partial charge in [-0.3, -0.25) is 19.2 Å². The van der Waals surface area contributed by atoms with Gasteiger partial charge in [0.1, 0.15) is 0 Å². The Morgan fingerprint density at radius 1 is 1.64 bits per heavy atom. The van der Waals surface area contributed by atoms with E-state index in [9.17, 15) is 9.59 Å². The highest BCUT2D eigenvalue weighted by atomic mass is 16.2. The fraction of sp³-hybridized carbons (Fsp3) is 0.533. The number of hydrogen-bond acceptors (Lipinski definition) is 4. The highest BCUT2D eigenvalue weighted by Crippen LogP contribution is 2.16. The van der Waals surface area contributed by atoms with Gasteiger partial charge in [0.25, 0.3) is 0 Å². The maximum absolute atomic E-state index is 12.1. The van der Waals surface area contributed by atoms with Gasteiger partial charge < -0.3 is 10.6 Å². The molecule has 22 heavy (non-hydrogen) atoms. The minimum absolute atomic E-state index is 0.0917. The summed E-state index contributed by atoms with van der Waals surface area (Å²) in [6.07, 6.45) is 3.79. The molecule has 2 amide bonds. The van der Waals surface area contributed by atoms with Crippen LogP contribution in [0.1, 0.15) is 17.7 Å². The molecule has 1 aliphatic heterocycles. The average Bonchev–Trinajstić information content (AvgIpc) is 2.84. The molecule has 2 N–H and O–H groups in total. The summed E-state index contributed by atoms with van der Waals surface area (Å²) >= 11 is 0. The number of nitrogens with one attached hydrogen (secondary N) is 2. The van der Waals surface area contributed by atoms with Crippen molar-refractivity contribution in [3.05, 3.63) is 30.1 Å². The molecule has 0 aliphatic carbocycles. The Morgan fingerprint density at radius 2 is 2.41 bits per heavy atom. The molecule has 1 aliphatic rings. The summed E-state index contributed by atoms with van der Waals surface area (Å²) in [4.78, 5) is 25.7. The average molecular weight is 305 g/mol. The molecule has 1 aromatic rings. The molecule has 1 unspecified atom stereocenters. The lowest BCUT2D eigenvalue weighted by Crippen LogP contribution is -2.56. The summed E-state index contributed by atoms with van der Waals surface area (Å²) in [7, 11) is 1.58. The van der Waals surface area contributed by atoms with E-state index in [4.69, 9.17) is 0 Å². The molecule has 1 saturated heterocycles. The molecular weight excluding hydrogens is 282 g/mol. The smallest absolute Gasteiger partial charge is 0.237 e. The molecule has 2 heterocycles. The summed E-state index contributed by atoms with van der Waals surface area (Å²) in [5.74, 6) is -0.225. The van der Waals surface area contributed by atoms with E-state index in [1.165, 1.54) is 0 Å². The molecular formula is C15H23N5O2. The third-order valence-electron chi connectivity index (χ3n) is 3.98. The van der Waals surface area contributed by atoms with Gasteiger partial charge in [-0.1, -0.05) is 6.08 Å². The SMILES string of the molecule is C=CCn1ncc(CN2CCNC(=O)C2CC(=O)NC)c1C. The van der Waals surface area contributed by atoms with Gasteiger partial charge in [0.05, 0.1) is 25.2 Å². The van der Waals surface area contributed by atoms with Crippen LogP contribution in [0.3, 0.4) is 0 Å². The summed E-state index contributed by atoms with van der Waals surface area (Å²) in [6.45, 7) is 8.31. The Bertz CT molecular complexity index is 566. The van der Waals surface area contributed by atoms with Crippen molar-refractivity contribution < 1.29 is 9.59 Å². The minimum atomic E-state index is -0.434. The van der Waals surface area contributed by atoms with E-state index < -0.39 is 6.04 Å². The Labute approximate surface area is 130 Å². The second-order valence-electron chi connectivity index (χ2n) is 5.38. The second kappa shape index (κ2) is 7.22. The van der Waals surface area contributed by atoms with Crippen molar-refractivity contribution in [2.75, 3.05) is 20.1 Å². The lowest BCUT2D eigenvalue weighted by atomic mass is 10.1. The number of nitrogens with zero attached hydrogens (tertiary/aromatic N) is 3. The Balaban J connectivity index is 2.12. The molecule has 120 valence electrons. The van der Waals surface area contributed by atoms with E-state index in [2.05, 4.69) is 22.3 Å². The lowest BCUT2D eigenvalue weighted by Gasteiger charge is -2.34. The van der Waals surface area contributed by atoms with Crippen LogP contribution in [0.4, 0.5) is 0 Å². The molecule has 0 spiro atoms.